The zero-order valence-corrected chi connectivity index (χ0v) is 4.66. The van der Waals surface area contributed by atoms with Crippen molar-refractivity contribution in [2.75, 3.05) is 0 Å². The van der Waals surface area contributed by atoms with Crippen LogP contribution in [0.25, 0.3) is 0 Å². The molecule has 0 heterocycles. The molecule has 0 amide bonds. The third kappa shape index (κ3) is 3.56. The van der Waals surface area contributed by atoms with Gasteiger partial charge in [0.15, 0.2) is 0 Å². The number of hydrogen-bond acceptors (Lipinski definition) is 4. The van der Waals surface area contributed by atoms with E-state index in [1.165, 1.54) is 0 Å². The molecule has 0 rings (SSSR count). The fourth-order valence-corrected chi connectivity index (χ4v) is 0.172. The quantitative estimate of drug-likeness (QED) is 0.413. The van der Waals surface area contributed by atoms with Crippen LogP contribution in [-0.4, -0.2) is 11.1 Å². The van der Waals surface area contributed by atoms with Gasteiger partial charge in [-0.2, -0.15) is 0 Å². The van der Waals surface area contributed by atoms with E-state index in [2.05, 4.69) is 20.6 Å². The predicted octanol–water partition coefficient (Wildman–Crippen LogP) is -0.314. The van der Waals surface area contributed by atoms with Gasteiger partial charge in [-0.15, -0.1) is 0 Å². The summed E-state index contributed by atoms with van der Waals surface area (Å²) in [5, 5.41) is 7.84. The predicted molar refractivity (Wildman–Crippen MR) is 17.9 cm³/mol. The molecule has 0 aromatic rings. The molecule has 0 aromatic carbocycles. The van der Waals surface area contributed by atoms with Gasteiger partial charge in [0.2, 0.25) is 0 Å². The maximum absolute atomic E-state index is 9.88. The van der Waals surface area contributed by atoms with E-state index in [0.717, 1.165) is 0 Å². The molecule has 0 spiro atoms. The van der Waals surface area contributed by atoms with Crippen LogP contribution < -0.4 is 0 Å². The summed E-state index contributed by atoms with van der Waals surface area (Å²) in [6, 6.07) is 0. The van der Waals surface area contributed by atoms with Gasteiger partial charge in [0.1, 0.15) is 0 Å². The topological polar surface area (TPSA) is 69.4 Å². The molecule has 0 N–H and O–H groups in total. The summed E-state index contributed by atoms with van der Waals surface area (Å²) < 4.78 is 0. The second kappa shape index (κ2) is 3.39. The summed E-state index contributed by atoms with van der Waals surface area (Å²) in [6.07, 6.45) is 0. The van der Waals surface area contributed by atoms with Crippen molar-refractivity contribution in [2.24, 2.45) is 0 Å². The number of carbonyl (C=O) groups excluding carboxylic acids is 1. The van der Waals surface area contributed by atoms with Gasteiger partial charge in [-0.1, -0.05) is 0 Å². The van der Waals surface area contributed by atoms with Crippen molar-refractivity contribution in [2.45, 2.75) is 5.36 Å². The third-order valence-corrected chi connectivity index (χ3v) is 0.573. The Kier molecular flexibility index (Phi) is 3.12. The van der Waals surface area contributed by atoms with Crippen molar-refractivity contribution in [3.63, 3.8) is 0 Å². The van der Waals surface area contributed by atoms with Crippen LogP contribution in [0, 0.1) is 10.1 Å². The molecule has 0 saturated carbocycles. The van der Waals surface area contributed by atoms with Gasteiger partial charge in [0.25, 0.3) is 0 Å². The Balaban J connectivity index is 3.40. The minimum absolute atomic E-state index is 0.284. The Morgan fingerprint density at radius 3 is 2.50 bits per heavy atom. The van der Waals surface area contributed by atoms with Crippen LogP contribution in [-0.2, 0) is 25.4 Å². The monoisotopic (exact) mass is 163 g/mol. The molecule has 0 aliphatic rings. The second-order valence-electron chi connectivity index (χ2n) is 0.805. The van der Waals surface area contributed by atoms with E-state index in [0.29, 0.717) is 0 Å². The fourth-order valence-electron chi connectivity index (χ4n) is 0.105. The van der Waals surface area contributed by atoms with E-state index in [4.69, 9.17) is 0 Å². The van der Waals surface area contributed by atoms with Gasteiger partial charge >= 0.3 is 51.9 Å². The molecule has 0 bridgehead atoms. The summed E-state index contributed by atoms with van der Waals surface area (Å²) in [4.78, 5) is 22.6. The molecule has 0 aliphatic heterocycles. The molecule has 0 atom stereocenters. The van der Waals surface area contributed by atoms with Gasteiger partial charge in [0, 0.05) is 0 Å². The summed E-state index contributed by atoms with van der Waals surface area (Å²) in [5.74, 6) is -0.963. The van der Waals surface area contributed by atoms with Crippen LogP contribution in [0.1, 0.15) is 0 Å². The molecule has 0 fully saturated rings. The number of hydrogen-bond donors (Lipinski definition) is 0. The Morgan fingerprint density at radius 1 is 1.88 bits per heavy atom. The first kappa shape index (κ1) is 7.38. The Morgan fingerprint density at radius 2 is 2.38 bits per heavy atom. The molecule has 48 valence electrons. The van der Waals surface area contributed by atoms with Gasteiger partial charge in [-0.3, -0.25) is 0 Å². The average molecular weight is 163 g/mol. The number of carbonyl (C=O) groups is 1. The van der Waals surface area contributed by atoms with Crippen molar-refractivity contribution in [1.29, 1.82) is 0 Å². The molecule has 0 unspecified atom stereocenters. The van der Waals surface area contributed by atoms with Crippen molar-refractivity contribution >= 4 is 5.97 Å². The van der Waals surface area contributed by atoms with E-state index in [-0.39, 0.29) is 5.36 Å². The van der Waals surface area contributed by atoms with Crippen molar-refractivity contribution in [3.05, 3.63) is 10.1 Å². The summed E-state index contributed by atoms with van der Waals surface area (Å²) >= 11 is 3.46. The van der Waals surface area contributed by atoms with Crippen molar-refractivity contribution in [3.8, 4) is 0 Å². The van der Waals surface area contributed by atoms with Gasteiger partial charge < -0.3 is 0 Å². The SMILES string of the molecule is O=C([CH2][Co])O[N+](=O)[O-]. The minimum atomic E-state index is -1.17. The number of rotatable bonds is 2. The molecule has 8 heavy (non-hydrogen) atoms. The molecule has 0 aromatic heterocycles. The Hall–Kier alpha value is -0.624. The summed E-state index contributed by atoms with van der Waals surface area (Å²) in [6.45, 7) is 0. The first-order chi connectivity index (χ1) is 3.66. The average Bonchev–Trinajstić information content (AvgIpc) is 1.65. The molecule has 0 saturated heterocycles. The van der Waals surface area contributed by atoms with Gasteiger partial charge in [-0.25, -0.2) is 0 Å². The zero-order chi connectivity index (χ0) is 6.57. The molecule has 0 radical (unpaired) electrons. The normalized spacial score (nSPS) is 8.25. The van der Waals surface area contributed by atoms with Crippen LogP contribution >= 0.6 is 0 Å². The van der Waals surface area contributed by atoms with Crippen molar-refractivity contribution in [1.82, 2.24) is 0 Å². The summed E-state index contributed by atoms with van der Waals surface area (Å²) in [7, 11) is 0. The summed E-state index contributed by atoms with van der Waals surface area (Å²) in [5.41, 5.74) is 0. The van der Waals surface area contributed by atoms with E-state index < -0.39 is 11.1 Å². The van der Waals surface area contributed by atoms with E-state index in [1.54, 1.807) is 0 Å². The van der Waals surface area contributed by atoms with E-state index >= 15 is 0 Å². The third-order valence-electron chi connectivity index (χ3n) is 0.273. The first-order valence-electron chi connectivity index (χ1n) is 1.55. The zero-order valence-electron chi connectivity index (χ0n) is 3.62. The van der Waals surface area contributed by atoms with Crippen LogP contribution in [0.2, 0.25) is 5.36 Å². The van der Waals surface area contributed by atoms with Gasteiger partial charge in [-0.05, 0) is 0 Å². The molecular formula is C2H2CoNO4. The molecule has 5 nitrogen and oxygen atoms in total. The molecule has 0 aliphatic carbocycles. The van der Waals surface area contributed by atoms with Crippen LogP contribution in [0.5, 0.6) is 0 Å². The van der Waals surface area contributed by atoms with E-state index in [1.807, 2.05) is 0 Å². The standard InChI is InChI=1S/C2H2NO4.Co/c1-2(4)7-3(5)6;/h1H2;. The van der Waals surface area contributed by atoms with Crippen molar-refractivity contribution < 1.29 is 30.5 Å². The Labute approximate surface area is 52.7 Å². The fraction of sp³-hybridized carbons (Fsp3) is 0.500. The van der Waals surface area contributed by atoms with Crippen LogP contribution in [0.4, 0.5) is 0 Å². The Bertz CT molecular complexity index is 113. The molecule has 6 heteroatoms. The number of nitrogens with zero attached hydrogens (tertiary/aromatic N) is 1. The van der Waals surface area contributed by atoms with Crippen LogP contribution in [0.15, 0.2) is 0 Å². The van der Waals surface area contributed by atoms with Gasteiger partial charge in [0.05, 0.1) is 0 Å². The second-order valence-corrected chi connectivity index (χ2v) is 1.17. The maximum atomic E-state index is 9.88. The van der Waals surface area contributed by atoms with E-state index in [9.17, 15) is 14.9 Å². The first-order valence-corrected chi connectivity index (χ1v) is 2.28. The van der Waals surface area contributed by atoms with Crippen LogP contribution in [0.3, 0.4) is 0 Å². The molecular weight excluding hydrogens is 161 g/mol.